The predicted octanol–water partition coefficient (Wildman–Crippen LogP) is 5.95. The van der Waals surface area contributed by atoms with Gasteiger partial charge in [0, 0.05) is 10.0 Å². The molecule has 0 aliphatic carbocycles. The molecule has 240 valence electrons. The first-order valence-electron chi connectivity index (χ1n) is 14.8. The Balaban J connectivity index is 1.67. The summed E-state index contributed by atoms with van der Waals surface area (Å²) in [6.45, 7) is 4.31. The van der Waals surface area contributed by atoms with Crippen molar-refractivity contribution in [3.8, 4) is 23.0 Å². The molecule has 1 atom stereocenters. The lowest BCUT2D eigenvalue weighted by Gasteiger charge is -2.27. The van der Waals surface area contributed by atoms with Gasteiger partial charge in [0.15, 0.2) is 16.3 Å². The number of carbonyl (C=O) groups is 1. The summed E-state index contributed by atoms with van der Waals surface area (Å²) < 4.78 is 31.2. The van der Waals surface area contributed by atoms with Gasteiger partial charge in [0.2, 0.25) is 0 Å². The topological polar surface area (TPSA) is 97.6 Å². The molecule has 46 heavy (non-hydrogen) atoms. The van der Waals surface area contributed by atoms with E-state index < -0.39 is 12.0 Å². The maximum Gasteiger partial charge on any atom is 0.338 e. The Bertz CT molecular complexity index is 1950. The number of nitrogens with zero attached hydrogens (tertiary/aromatic N) is 2. The van der Waals surface area contributed by atoms with E-state index >= 15 is 0 Å². The summed E-state index contributed by atoms with van der Waals surface area (Å²) in [5.41, 5.74) is 2.89. The van der Waals surface area contributed by atoms with Gasteiger partial charge >= 0.3 is 5.97 Å². The van der Waals surface area contributed by atoms with Crippen molar-refractivity contribution in [1.82, 2.24) is 4.57 Å². The smallest absolute Gasteiger partial charge is 0.338 e. The zero-order valence-electron chi connectivity index (χ0n) is 26.3. The van der Waals surface area contributed by atoms with Crippen LogP contribution in [-0.4, -0.2) is 38.5 Å². The lowest BCUT2D eigenvalue weighted by atomic mass is 9.93. The molecule has 1 aliphatic rings. The van der Waals surface area contributed by atoms with Gasteiger partial charge in [0.25, 0.3) is 5.56 Å². The molecule has 0 unspecified atom stereocenters. The van der Waals surface area contributed by atoms with Gasteiger partial charge in [0.1, 0.15) is 24.1 Å². The molecule has 0 saturated heterocycles. The third kappa shape index (κ3) is 6.75. The number of allylic oxidation sites excluding steroid dienone is 1. The predicted molar refractivity (Wildman–Crippen MR) is 181 cm³/mol. The Labute approximate surface area is 279 Å². The van der Waals surface area contributed by atoms with Gasteiger partial charge < -0.3 is 23.7 Å². The summed E-state index contributed by atoms with van der Waals surface area (Å²) in [5.74, 6) is 1.61. The molecule has 11 heteroatoms. The summed E-state index contributed by atoms with van der Waals surface area (Å²) in [4.78, 5) is 33.2. The Morgan fingerprint density at radius 2 is 1.74 bits per heavy atom. The number of hydrogen-bond acceptors (Lipinski definition) is 9. The first-order valence-corrected chi connectivity index (χ1v) is 16.4. The van der Waals surface area contributed by atoms with E-state index in [-0.39, 0.29) is 12.2 Å². The highest BCUT2D eigenvalue weighted by atomic mass is 79.9. The molecule has 2 heterocycles. The number of hydrogen-bond donors (Lipinski definition) is 0. The monoisotopic (exact) mass is 706 g/mol. The molecule has 0 saturated carbocycles. The van der Waals surface area contributed by atoms with Crippen LogP contribution in [0.2, 0.25) is 0 Å². The average Bonchev–Trinajstić information content (AvgIpc) is 3.38. The summed E-state index contributed by atoms with van der Waals surface area (Å²) in [5, 5.41) is 0. The molecule has 1 aromatic heterocycles. The molecule has 0 spiro atoms. The quantitative estimate of drug-likeness (QED) is 0.168. The van der Waals surface area contributed by atoms with Crippen LogP contribution in [0.3, 0.4) is 0 Å². The van der Waals surface area contributed by atoms with Crippen LogP contribution in [0.25, 0.3) is 6.08 Å². The van der Waals surface area contributed by atoms with Crippen molar-refractivity contribution in [3.05, 3.63) is 113 Å². The lowest BCUT2D eigenvalue weighted by molar-refractivity contribution is -0.139. The van der Waals surface area contributed by atoms with Crippen LogP contribution in [0.5, 0.6) is 23.0 Å². The molecule has 0 bridgehead atoms. The number of fused-ring (bicyclic) bond motifs is 1. The number of rotatable bonds is 12. The molecule has 3 aromatic carbocycles. The standard InChI is InChI=1S/C35H35BrN2O7S/c1-6-11-26-31(34(40)44-7-2)32(24-18-23(41-3)14-15-27(24)42-4)38-33(39)30(46-35(38)37-26)17-22-16-28(43-5)29(19-25(22)36)45-20-21-12-9-8-10-13-21/h8-10,12-19,32H,6-7,11,20H2,1-5H3/b30-17-/t32-/m0/s1. The second-order valence-corrected chi connectivity index (χ2v) is 12.2. The molecule has 4 aromatic rings. The number of aromatic nitrogens is 1. The van der Waals surface area contributed by atoms with Crippen LogP contribution >= 0.6 is 27.3 Å². The first kappa shape index (κ1) is 33.0. The van der Waals surface area contributed by atoms with E-state index in [9.17, 15) is 9.59 Å². The number of benzene rings is 3. The van der Waals surface area contributed by atoms with Gasteiger partial charge in [-0.1, -0.05) is 70.9 Å². The summed E-state index contributed by atoms with van der Waals surface area (Å²) in [6, 6.07) is 18.0. The molecule has 0 N–H and O–H groups in total. The molecule has 5 rings (SSSR count). The molecular weight excluding hydrogens is 672 g/mol. The van der Waals surface area contributed by atoms with E-state index in [1.165, 1.54) is 11.3 Å². The summed E-state index contributed by atoms with van der Waals surface area (Å²) >= 11 is 4.90. The van der Waals surface area contributed by atoms with Gasteiger partial charge in [-0.3, -0.25) is 9.36 Å². The van der Waals surface area contributed by atoms with Crippen LogP contribution in [-0.2, 0) is 16.1 Å². The van der Waals surface area contributed by atoms with Crippen molar-refractivity contribution in [2.45, 2.75) is 39.3 Å². The third-order valence-corrected chi connectivity index (χ3v) is 9.10. The summed E-state index contributed by atoms with van der Waals surface area (Å²) in [6.07, 6.45) is 3.05. The molecule has 0 radical (unpaired) electrons. The van der Waals surface area contributed by atoms with Gasteiger partial charge in [-0.15, -0.1) is 0 Å². The zero-order valence-corrected chi connectivity index (χ0v) is 28.7. The Morgan fingerprint density at radius 3 is 2.41 bits per heavy atom. The number of ether oxygens (including phenoxy) is 5. The fraction of sp³-hybridized carbons (Fsp3) is 0.286. The number of esters is 1. The second kappa shape index (κ2) is 14.8. The van der Waals surface area contributed by atoms with Gasteiger partial charge in [-0.2, -0.15) is 0 Å². The Morgan fingerprint density at radius 1 is 0.978 bits per heavy atom. The number of thiazole rings is 1. The fourth-order valence-corrected chi connectivity index (χ4v) is 6.73. The lowest BCUT2D eigenvalue weighted by Crippen LogP contribution is -2.40. The number of halogens is 1. The van der Waals surface area contributed by atoms with Gasteiger partial charge in [-0.05, 0) is 60.9 Å². The van der Waals surface area contributed by atoms with Crippen LogP contribution in [0.1, 0.15) is 49.4 Å². The highest BCUT2D eigenvalue weighted by Crippen LogP contribution is 2.39. The Hall–Kier alpha value is -4.35. The van der Waals surface area contributed by atoms with E-state index in [1.807, 2.05) is 49.4 Å². The van der Waals surface area contributed by atoms with Crippen molar-refractivity contribution in [2.24, 2.45) is 4.99 Å². The molecular formula is C35H35BrN2O7S. The number of carbonyl (C=O) groups excluding carboxylic acids is 1. The minimum atomic E-state index is -0.851. The van der Waals surface area contributed by atoms with Crippen LogP contribution < -0.4 is 33.8 Å². The van der Waals surface area contributed by atoms with Crippen LogP contribution in [0.15, 0.2) is 86.2 Å². The van der Waals surface area contributed by atoms with Crippen molar-refractivity contribution >= 4 is 39.3 Å². The highest BCUT2D eigenvalue weighted by Gasteiger charge is 2.36. The van der Waals surface area contributed by atoms with Crippen molar-refractivity contribution in [1.29, 1.82) is 0 Å². The Kier molecular flexibility index (Phi) is 10.6. The van der Waals surface area contributed by atoms with E-state index in [1.54, 1.807) is 57.1 Å². The fourth-order valence-electron chi connectivity index (χ4n) is 5.28. The normalized spacial score (nSPS) is 14.4. The number of methoxy groups -OCH3 is 3. The molecule has 0 amide bonds. The SMILES string of the molecule is CCCC1=C(C(=O)OCC)[C@H](c2cc(OC)ccc2OC)n2c(s/c(=C\c3cc(OC)c(OCc4ccccc4)cc3Br)c2=O)=N1. The zero-order chi connectivity index (χ0) is 32.8. The van der Waals surface area contributed by atoms with Crippen molar-refractivity contribution in [2.75, 3.05) is 27.9 Å². The van der Waals surface area contributed by atoms with Crippen molar-refractivity contribution < 1.29 is 28.5 Å². The van der Waals surface area contributed by atoms with E-state index in [4.69, 9.17) is 28.7 Å². The molecule has 1 aliphatic heterocycles. The van der Waals surface area contributed by atoms with Gasteiger partial charge in [0.05, 0.1) is 43.7 Å². The average molecular weight is 708 g/mol. The van der Waals surface area contributed by atoms with Crippen LogP contribution in [0.4, 0.5) is 0 Å². The highest BCUT2D eigenvalue weighted by molar-refractivity contribution is 9.10. The van der Waals surface area contributed by atoms with Crippen LogP contribution in [0, 0.1) is 0 Å². The maximum absolute atomic E-state index is 14.3. The maximum atomic E-state index is 14.3. The second-order valence-electron chi connectivity index (χ2n) is 10.3. The largest absolute Gasteiger partial charge is 0.497 e. The molecule has 0 fully saturated rings. The van der Waals surface area contributed by atoms with E-state index in [0.717, 1.165) is 12.0 Å². The van der Waals surface area contributed by atoms with E-state index in [0.29, 0.717) is 72.2 Å². The molecule has 9 nitrogen and oxygen atoms in total. The van der Waals surface area contributed by atoms with Crippen molar-refractivity contribution in [3.63, 3.8) is 0 Å². The van der Waals surface area contributed by atoms with E-state index in [2.05, 4.69) is 15.9 Å². The first-order chi connectivity index (χ1) is 22.3. The van der Waals surface area contributed by atoms with Gasteiger partial charge in [-0.25, -0.2) is 9.79 Å². The summed E-state index contributed by atoms with van der Waals surface area (Å²) in [7, 11) is 4.68. The third-order valence-electron chi connectivity index (χ3n) is 7.43. The minimum Gasteiger partial charge on any atom is -0.497 e. The minimum absolute atomic E-state index is 0.176.